The molecule has 0 unspecified atom stereocenters. The van der Waals surface area contributed by atoms with Gasteiger partial charge in [-0.05, 0) is 42.7 Å². The van der Waals surface area contributed by atoms with E-state index in [0.717, 1.165) is 22.4 Å². The second-order valence-electron chi connectivity index (χ2n) is 7.47. The zero-order valence-electron chi connectivity index (χ0n) is 15.8. The second-order valence-corrected chi connectivity index (χ2v) is 10.8. The SMILES string of the molecule is Cc1cc(C)cc(N2C(=NC(=O)Cc3ccccc3)S[C@H]3CS(=O)(=O)C[C@H]32)c1. The highest BCUT2D eigenvalue weighted by Gasteiger charge is 2.49. The molecule has 0 bridgehead atoms. The van der Waals surface area contributed by atoms with E-state index in [9.17, 15) is 13.2 Å². The molecular weight excluding hydrogens is 392 g/mol. The number of aryl methyl sites for hydroxylation is 2. The van der Waals surface area contributed by atoms with Gasteiger partial charge in [-0.2, -0.15) is 4.99 Å². The summed E-state index contributed by atoms with van der Waals surface area (Å²) in [6, 6.07) is 15.5. The predicted molar refractivity (Wildman–Crippen MR) is 115 cm³/mol. The highest BCUT2D eigenvalue weighted by molar-refractivity contribution is 8.16. The van der Waals surface area contributed by atoms with Gasteiger partial charge in [-0.3, -0.25) is 4.79 Å². The van der Waals surface area contributed by atoms with Crippen LogP contribution in [0.4, 0.5) is 5.69 Å². The maximum absolute atomic E-state index is 12.6. The molecule has 4 rings (SSSR count). The van der Waals surface area contributed by atoms with E-state index < -0.39 is 9.84 Å². The lowest BCUT2D eigenvalue weighted by molar-refractivity contribution is -0.117. The normalized spacial score (nSPS) is 24.5. The molecule has 0 N–H and O–H groups in total. The van der Waals surface area contributed by atoms with E-state index in [0.29, 0.717) is 5.17 Å². The predicted octanol–water partition coefficient (Wildman–Crippen LogP) is 3.15. The first kappa shape index (κ1) is 19.2. The van der Waals surface area contributed by atoms with Crippen LogP contribution in [0.5, 0.6) is 0 Å². The molecule has 5 nitrogen and oxygen atoms in total. The van der Waals surface area contributed by atoms with Crippen molar-refractivity contribution in [1.29, 1.82) is 0 Å². The Labute approximate surface area is 169 Å². The molecule has 0 spiro atoms. The lowest BCUT2D eigenvalue weighted by Crippen LogP contribution is -2.37. The van der Waals surface area contributed by atoms with Gasteiger partial charge in [-0.1, -0.05) is 48.2 Å². The molecule has 1 amide bonds. The number of aliphatic imine (C=N–C) groups is 1. The Hall–Kier alpha value is -2.12. The molecule has 2 heterocycles. The smallest absolute Gasteiger partial charge is 0.252 e. The molecule has 2 aliphatic rings. The molecule has 0 saturated carbocycles. The molecule has 2 aromatic rings. The molecule has 2 fully saturated rings. The summed E-state index contributed by atoms with van der Waals surface area (Å²) in [5.74, 6) is 0.0184. The number of amides is 1. The first-order chi connectivity index (χ1) is 13.3. The van der Waals surface area contributed by atoms with Crippen LogP contribution < -0.4 is 4.90 Å². The number of benzene rings is 2. The number of anilines is 1. The van der Waals surface area contributed by atoms with E-state index in [4.69, 9.17) is 0 Å². The molecule has 2 aliphatic heterocycles. The molecule has 0 radical (unpaired) electrons. The van der Waals surface area contributed by atoms with Crippen molar-refractivity contribution in [3.63, 3.8) is 0 Å². The molecule has 0 aliphatic carbocycles. The van der Waals surface area contributed by atoms with Crippen molar-refractivity contribution in [2.45, 2.75) is 31.6 Å². The number of thioether (sulfide) groups is 1. The molecule has 7 heteroatoms. The van der Waals surface area contributed by atoms with Crippen LogP contribution in [0.3, 0.4) is 0 Å². The van der Waals surface area contributed by atoms with Gasteiger partial charge in [0.1, 0.15) is 0 Å². The fraction of sp³-hybridized carbons (Fsp3) is 0.333. The number of fused-ring (bicyclic) bond motifs is 1. The van der Waals surface area contributed by atoms with Gasteiger partial charge in [-0.25, -0.2) is 8.42 Å². The van der Waals surface area contributed by atoms with Crippen molar-refractivity contribution in [2.24, 2.45) is 4.99 Å². The number of sulfone groups is 1. The Kier molecular flexibility index (Phi) is 5.05. The van der Waals surface area contributed by atoms with E-state index in [1.807, 2.05) is 61.2 Å². The van der Waals surface area contributed by atoms with Gasteiger partial charge >= 0.3 is 0 Å². The van der Waals surface area contributed by atoms with Crippen LogP contribution in [-0.4, -0.2) is 42.3 Å². The summed E-state index contributed by atoms with van der Waals surface area (Å²) in [4.78, 5) is 18.9. The number of carbonyl (C=O) groups excluding carboxylic acids is 1. The number of carbonyl (C=O) groups is 1. The summed E-state index contributed by atoms with van der Waals surface area (Å²) in [5.41, 5.74) is 4.01. The van der Waals surface area contributed by atoms with Crippen LogP contribution in [0.25, 0.3) is 0 Å². The van der Waals surface area contributed by atoms with Crippen LogP contribution >= 0.6 is 11.8 Å². The van der Waals surface area contributed by atoms with Crippen molar-refractivity contribution in [3.8, 4) is 0 Å². The monoisotopic (exact) mass is 414 g/mol. The van der Waals surface area contributed by atoms with Crippen LogP contribution in [-0.2, 0) is 21.1 Å². The van der Waals surface area contributed by atoms with Gasteiger partial charge < -0.3 is 4.90 Å². The molecule has 28 heavy (non-hydrogen) atoms. The third kappa shape index (κ3) is 4.00. The molecule has 2 atom stereocenters. The largest absolute Gasteiger partial charge is 0.316 e. The van der Waals surface area contributed by atoms with E-state index in [2.05, 4.69) is 11.1 Å². The van der Waals surface area contributed by atoms with Crippen molar-refractivity contribution >= 4 is 38.4 Å². The number of hydrogen-bond donors (Lipinski definition) is 0. The molecular formula is C21H22N2O3S2. The standard InChI is InChI=1S/C21H22N2O3S2/c1-14-8-15(2)10-17(9-14)23-18-12-28(25,26)13-19(18)27-21(23)22-20(24)11-16-6-4-3-5-7-16/h3-10,18-19H,11-13H2,1-2H3/t18-,19+/m1/s1. The summed E-state index contributed by atoms with van der Waals surface area (Å²) >= 11 is 1.41. The van der Waals surface area contributed by atoms with Crippen molar-refractivity contribution in [2.75, 3.05) is 16.4 Å². The Morgan fingerprint density at radius 2 is 1.79 bits per heavy atom. The van der Waals surface area contributed by atoms with Crippen LogP contribution in [0, 0.1) is 13.8 Å². The fourth-order valence-corrected chi connectivity index (χ4v) is 7.80. The molecule has 0 aromatic heterocycles. The van der Waals surface area contributed by atoms with Gasteiger partial charge in [-0.15, -0.1) is 0 Å². The number of hydrogen-bond acceptors (Lipinski definition) is 4. The maximum atomic E-state index is 12.6. The average molecular weight is 415 g/mol. The topological polar surface area (TPSA) is 66.8 Å². The van der Waals surface area contributed by atoms with Gasteiger partial charge in [0.25, 0.3) is 5.91 Å². The molecule has 2 aromatic carbocycles. The summed E-state index contributed by atoms with van der Waals surface area (Å²) in [7, 11) is -3.07. The maximum Gasteiger partial charge on any atom is 0.252 e. The van der Waals surface area contributed by atoms with Gasteiger partial charge in [0.2, 0.25) is 0 Å². The van der Waals surface area contributed by atoms with E-state index in [1.54, 1.807) is 0 Å². The first-order valence-electron chi connectivity index (χ1n) is 9.21. The lowest BCUT2D eigenvalue weighted by atomic mass is 10.1. The van der Waals surface area contributed by atoms with Crippen molar-refractivity contribution in [1.82, 2.24) is 0 Å². The van der Waals surface area contributed by atoms with Gasteiger partial charge in [0.05, 0.1) is 24.0 Å². The zero-order valence-corrected chi connectivity index (χ0v) is 17.5. The van der Waals surface area contributed by atoms with E-state index in [1.165, 1.54) is 11.8 Å². The van der Waals surface area contributed by atoms with Crippen molar-refractivity contribution < 1.29 is 13.2 Å². The summed E-state index contributed by atoms with van der Waals surface area (Å²) in [5, 5.41) is 0.518. The average Bonchev–Trinajstić information content (AvgIpc) is 3.05. The Morgan fingerprint density at radius 3 is 2.46 bits per heavy atom. The second kappa shape index (κ2) is 7.37. The number of amidine groups is 1. The molecule has 146 valence electrons. The summed E-state index contributed by atoms with van der Waals surface area (Å²) in [6.07, 6.45) is 0.235. The summed E-state index contributed by atoms with van der Waals surface area (Å²) in [6.45, 7) is 4.03. The van der Waals surface area contributed by atoms with Crippen LogP contribution in [0.15, 0.2) is 53.5 Å². The first-order valence-corrected chi connectivity index (χ1v) is 11.9. The Morgan fingerprint density at radius 1 is 1.11 bits per heavy atom. The minimum absolute atomic E-state index is 0.0888. The highest BCUT2D eigenvalue weighted by Crippen LogP contribution is 2.41. The number of nitrogens with zero attached hydrogens (tertiary/aromatic N) is 2. The lowest BCUT2D eigenvalue weighted by Gasteiger charge is -2.25. The Balaban J connectivity index is 1.68. The minimum atomic E-state index is -3.07. The quantitative estimate of drug-likeness (QED) is 0.772. The van der Waals surface area contributed by atoms with E-state index >= 15 is 0 Å². The van der Waals surface area contributed by atoms with Crippen LogP contribution in [0.2, 0.25) is 0 Å². The molecule has 2 saturated heterocycles. The third-order valence-electron chi connectivity index (χ3n) is 4.97. The fourth-order valence-electron chi connectivity index (χ4n) is 3.87. The Bertz CT molecular complexity index is 1030. The van der Waals surface area contributed by atoms with Gasteiger partial charge in [0.15, 0.2) is 15.0 Å². The highest BCUT2D eigenvalue weighted by atomic mass is 32.2. The zero-order chi connectivity index (χ0) is 19.9. The van der Waals surface area contributed by atoms with Crippen LogP contribution in [0.1, 0.15) is 16.7 Å². The third-order valence-corrected chi connectivity index (χ3v) is 8.18. The van der Waals surface area contributed by atoms with Gasteiger partial charge in [0, 0.05) is 10.9 Å². The van der Waals surface area contributed by atoms with Crippen molar-refractivity contribution in [3.05, 3.63) is 65.2 Å². The van der Waals surface area contributed by atoms with E-state index in [-0.39, 0.29) is 35.1 Å². The minimum Gasteiger partial charge on any atom is -0.316 e. The summed E-state index contributed by atoms with van der Waals surface area (Å²) < 4.78 is 24.4. The number of rotatable bonds is 3.